The molecule has 5 nitrogen and oxygen atoms in total. The molecule has 4 rings (SSSR count). The van der Waals surface area contributed by atoms with Gasteiger partial charge in [-0.3, -0.25) is 0 Å². The van der Waals surface area contributed by atoms with Crippen molar-refractivity contribution >= 4 is 0 Å². The van der Waals surface area contributed by atoms with Crippen LogP contribution in [0, 0.1) is 0 Å². The number of nitrogens with zero attached hydrogens (tertiary/aromatic N) is 2. The molecule has 1 heterocycles. The zero-order chi connectivity index (χ0) is 15.5. The molecule has 1 aliphatic rings. The Labute approximate surface area is 133 Å². The molecule has 1 fully saturated rings. The van der Waals surface area contributed by atoms with Crippen molar-refractivity contribution in [2.45, 2.75) is 25.4 Å². The summed E-state index contributed by atoms with van der Waals surface area (Å²) in [5.74, 6) is 4.10. The average Bonchev–Trinajstić information content (AvgIpc) is 3.34. The fourth-order valence-electron chi connectivity index (χ4n) is 2.21. The summed E-state index contributed by atoms with van der Waals surface area (Å²) in [6.45, 7) is 0.276. The number of aromatic nitrogens is 2. The van der Waals surface area contributed by atoms with Gasteiger partial charge in [-0.25, -0.2) is 0 Å². The van der Waals surface area contributed by atoms with Crippen LogP contribution in [0.4, 0.5) is 0 Å². The third kappa shape index (κ3) is 3.51. The quantitative estimate of drug-likeness (QED) is 0.679. The van der Waals surface area contributed by atoms with Gasteiger partial charge in [0.15, 0.2) is 12.4 Å². The molecular formula is C18H16N2O3. The Kier molecular flexibility index (Phi) is 3.68. The summed E-state index contributed by atoms with van der Waals surface area (Å²) in [6, 6.07) is 17.1. The second kappa shape index (κ2) is 6.12. The maximum Gasteiger partial charge on any atom is 0.264 e. The zero-order valence-electron chi connectivity index (χ0n) is 12.5. The molecule has 0 N–H and O–H groups in total. The van der Waals surface area contributed by atoms with Gasteiger partial charge in [0.05, 0.1) is 0 Å². The Morgan fingerprint density at radius 2 is 1.61 bits per heavy atom. The molecule has 0 radical (unpaired) electrons. The largest absolute Gasteiger partial charge is 0.484 e. The predicted octanol–water partition coefficient (Wildman–Crippen LogP) is 4.32. The summed E-state index contributed by atoms with van der Waals surface area (Å²) in [6.07, 6.45) is 2.31. The third-order valence-corrected chi connectivity index (χ3v) is 3.59. The molecule has 0 atom stereocenters. The fraction of sp³-hybridized carbons (Fsp3) is 0.222. The van der Waals surface area contributed by atoms with Gasteiger partial charge in [0, 0.05) is 5.92 Å². The van der Waals surface area contributed by atoms with Gasteiger partial charge in [0.2, 0.25) is 0 Å². The SMILES string of the molecule is c1ccc(Oc2ccc(OCc3nc(C4CC4)no3)cc2)cc1. The molecule has 0 unspecified atom stereocenters. The van der Waals surface area contributed by atoms with Gasteiger partial charge in [-0.1, -0.05) is 23.4 Å². The van der Waals surface area contributed by atoms with Crippen LogP contribution in [0.3, 0.4) is 0 Å². The van der Waals surface area contributed by atoms with Crippen LogP contribution < -0.4 is 9.47 Å². The van der Waals surface area contributed by atoms with Crippen molar-refractivity contribution in [1.29, 1.82) is 0 Å². The average molecular weight is 308 g/mol. The van der Waals surface area contributed by atoms with E-state index in [0.29, 0.717) is 11.8 Å². The van der Waals surface area contributed by atoms with Crippen molar-refractivity contribution < 1.29 is 14.0 Å². The molecule has 1 aliphatic carbocycles. The van der Waals surface area contributed by atoms with Gasteiger partial charge in [-0.15, -0.1) is 0 Å². The highest BCUT2D eigenvalue weighted by Crippen LogP contribution is 2.38. The fourth-order valence-corrected chi connectivity index (χ4v) is 2.21. The molecule has 1 aromatic heterocycles. The number of hydrogen-bond donors (Lipinski definition) is 0. The predicted molar refractivity (Wildman–Crippen MR) is 83.6 cm³/mol. The van der Waals surface area contributed by atoms with Crippen LogP contribution in [-0.4, -0.2) is 10.1 Å². The molecule has 1 saturated carbocycles. The van der Waals surface area contributed by atoms with E-state index < -0.39 is 0 Å². The van der Waals surface area contributed by atoms with E-state index >= 15 is 0 Å². The Hall–Kier alpha value is -2.82. The number of benzene rings is 2. The Balaban J connectivity index is 1.34. The number of hydrogen-bond acceptors (Lipinski definition) is 5. The van der Waals surface area contributed by atoms with E-state index in [4.69, 9.17) is 14.0 Å². The van der Waals surface area contributed by atoms with Crippen LogP contribution in [0.1, 0.15) is 30.5 Å². The van der Waals surface area contributed by atoms with Crippen molar-refractivity contribution in [1.82, 2.24) is 10.1 Å². The highest BCUT2D eigenvalue weighted by Gasteiger charge is 2.28. The molecule has 5 heteroatoms. The lowest BCUT2D eigenvalue weighted by Crippen LogP contribution is -1.96. The molecule has 0 bridgehead atoms. The van der Waals surface area contributed by atoms with Gasteiger partial charge in [-0.05, 0) is 49.2 Å². The van der Waals surface area contributed by atoms with Crippen LogP contribution in [0.5, 0.6) is 17.2 Å². The lowest BCUT2D eigenvalue weighted by atomic mass is 10.3. The van der Waals surface area contributed by atoms with E-state index in [1.807, 2.05) is 54.6 Å². The minimum atomic E-state index is 0.276. The van der Waals surface area contributed by atoms with Crippen molar-refractivity contribution in [3.05, 3.63) is 66.3 Å². The highest BCUT2D eigenvalue weighted by molar-refractivity contribution is 5.35. The zero-order valence-corrected chi connectivity index (χ0v) is 12.5. The maximum atomic E-state index is 5.74. The normalized spacial score (nSPS) is 13.7. The van der Waals surface area contributed by atoms with E-state index in [0.717, 1.165) is 35.9 Å². The number of para-hydroxylation sites is 1. The summed E-state index contributed by atoms with van der Waals surface area (Å²) in [7, 11) is 0. The van der Waals surface area contributed by atoms with Crippen molar-refractivity contribution in [3.8, 4) is 17.2 Å². The smallest absolute Gasteiger partial charge is 0.264 e. The van der Waals surface area contributed by atoms with Gasteiger partial charge < -0.3 is 14.0 Å². The number of ether oxygens (including phenoxy) is 2. The molecule has 0 spiro atoms. The minimum Gasteiger partial charge on any atom is -0.484 e. The van der Waals surface area contributed by atoms with Gasteiger partial charge in [-0.2, -0.15) is 4.98 Å². The molecule has 0 amide bonds. The lowest BCUT2D eigenvalue weighted by Gasteiger charge is -2.07. The molecular weight excluding hydrogens is 292 g/mol. The van der Waals surface area contributed by atoms with E-state index in [-0.39, 0.29) is 6.61 Å². The highest BCUT2D eigenvalue weighted by atomic mass is 16.5. The summed E-state index contributed by atoms with van der Waals surface area (Å²) in [4.78, 5) is 4.33. The summed E-state index contributed by atoms with van der Waals surface area (Å²) in [5.41, 5.74) is 0. The van der Waals surface area contributed by atoms with Gasteiger partial charge >= 0.3 is 0 Å². The van der Waals surface area contributed by atoms with E-state index in [1.54, 1.807) is 0 Å². The molecule has 3 aromatic rings. The monoisotopic (exact) mass is 308 g/mol. The Bertz CT molecular complexity index is 764. The van der Waals surface area contributed by atoms with Crippen LogP contribution in [0.2, 0.25) is 0 Å². The molecule has 23 heavy (non-hydrogen) atoms. The second-order valence-corrected chi connectivity index (χ2v) is 5.50. The van der Waals surface area contributed by atoms with E-state index in [1.165, 1.54) is 0 Å². The Morgan fingerprint density at radius 1 is 0.913 bits per heavy atom. The molecule has 2 aromatic carbocycles. The van der Waals surface area contributed by atoms with Crippen molar-refractivity contribution in [2.24, 2.45) is 0 Å². The van der Waals surface area contributed by atoms with Crippen LogP contribution >= 0.6 is 0 Å². The molecule has 116 valence electrons. The van der Waals surface area contributed by atoms with Crippen molar-refractivity contribution in [2.75, 3.05) is 0 Å². The molecule has 0 saturated heterocycles. The van der Waals surface area contributed by atoms with Gasteiger partial charge in [0.1, 0.15) is 17.2 Å². The summed E-state index contributed by atoms with van der Waals surface area (Å²) < 4.78 is 16.6. The first kappa shape index (κ1) is 13.8. The topological polar surface area (TPSA) is 57.4 Å². The minimum absolute atomic E-state index is 0.276. The lowest BCUT2D eigenvalue weighted by molar-refractivity contribution is 0.242. The second-order valence-electron chi connectivity index (χ2n) is 5.50. The summed E-state index contributed by atoms with van der Waals surface area (Å²) in [5, 5.41) is 3.97. The van der Waals surface area contributed by atoms with Crippen molar-refractivity contribution in [3.63, 3.8) is 0 Å². The van der Waals surface area contributed by atoms with E-state index in [2.05, 4.69) is 10.1 Å². The summed E-state index contributed by atoms with van der Waals surface area (Å²) >= 11 is 0. The first-order chi connectivity index (χ1) is 11.4. The Morgan fingerprint density at radius 3 is 2.35 bits per heavy atom. The van der Waals surface area contributed by atoms with Crippen LogP contribution in [-0.2, 0) is 6.61 Å². The molecule has 0 aliphatic heterocycles. The third-order valence-electron chi connectivity index (χ3n) is 3.59. The number of rotatable bonds is 6. The first-order valence-electron chi connectivity index (χ1n) is 7.65. The van der Waals surface area contributed by atoms with Crippen LogP contribution in [0.25, 0.3) is 0 Å². The van der Waals surface area contributed by atoms with Gasteiger partial charge in [0.25, 0.3) is 5.89 Å². The standard InChI is InChI=1S/C18H16N2O3/c1-2-4-15(5-3-1)22-16-10-8-14(9-11-16)21-12-17-19-18(20-23-17)13-6-7-13/h1-5,8-11,13H,6-7,12H2. The maximum absolute atomic E-state index is 5.74. The van der Waals surface area contributed by atoms with Crippen LogP contribution in [0.15, 0.2) is 59.1 Å². The first-order valence-corrected chi connectivity index (χ1v) is 7.65. The van der Waals surface area contributed by atoms with E-state index in [9.17, 15) is 0 Å².